The summed E-state index contributed by atoms with van der Waals surface area (Å²) >= 11 is 9.30. The van der Waals surface area contributed by atoms with Crippen molar-refractivity contribution in [3.63, 3.8) is 0 Å². The first-order valence-corrected chi connectivity index (χ1v) is 5.68. The van der Waals surface area contributed by atoms with Gasteiger partial charge in [-0.1, -0.05) is 11.3 Å². The van der Waals surface area contributed by atoms with Gasteiger partial charge < -0.3 is 4.74 Å². The number of ether oxygens (including phenoxy) is 1. The van der Waals surface area contributed by atoms with Crippen LogP contribution in [-0.4, -0.2) is 21.5 Å². The molecule has 2 rings (SSSR count). The molecule has 2 aromatic heterocycles. The summed E-state index contributed by atoms with van der Waals surface area (Å²) in [6.07, 6.45) is 0. The second kappa shape index (κ2) is 4.38. The molecule has 0 atom stereocenters. The molecule has 0 saturated heterocycles. The van der Waals surface area contributed by atoms with Gasteiger partial charge in [0.25, 0.3) is 0 Å². The van der Waals surface area contributed by atoms with Crippen LogP contribution in [0.3, 0.4) is 0 Å². The van der Waals surface area contributed by atoms with E-state index in [9.17, 15) is 0 Å². The van der Waals surface area contributed by atoms with E-state index in [1.807, 2.05) is 6.07 Å². The van der Waals surface area contributed by atoms with Crippen molar-refractivity contribution in [1.29, 1.82) is 0 Å². The lowest BCUT2D eigenvalue weighted by Crippen LogP contribution is -1.85. The highest BCUT2D eigenvalue weighted by Gasteiger charge is 2.05. The number of nitrogens with zero attached hydrogens (tertiary/aromatic N) is 3. The molecule has 15 heavy (non-hydrogen) atoms. The Kier molecular flexibility index (Phi) is 3.13. The summed E-state index contributed by atoms with van der Waals surface area (Å²) in [4.78, 5) is 13.3. The largest absolute Gasteiger partial charge is 0.481 e. The Morgan fingerprint density at radius 2 is 2.20 bits per heavy atom. The molecule has 0 aliphatic rings. The van der Waals surface area contributed by atoms with Crippen LogP contribution >= 0.6 is 36.6 Å². The summed E-state index contributed by atoms with van der Waals surface area (Å²) in [6.45, 7) is 0. The van der Waals surface area contributed by atoms with Gasteiger partial charge in [-0.15, -0.1) is 25.3 Å². The van der Waals surface area contributed by atoms with Gasteiger partial charge in [-0.05, 0) is 6.07 Å². The summed E-state index contributed by atoms with van der Waals surface area (Å²) in [7, 11) is 1.58. The van der Waals surface area contributed by atoms with E-state index in [-0.39, 0.29) is 0 Å². The average Bonchev–Trinajstić information content (AvgIpc) is 2.57. The van der Waals surface area contributed by atoms with Gasteiger partial charge in [-0.2, -0.15) is 0 Å². The van der Waals surface area contributed by atoms with Gasteiger partial charge >= 0.3 is 0 Å². The molecule has 0 unspecified atom stereocenters. The van der Waals surface area contributed by atoms with E-state index in [1.165, 1.54) is 11.3 Å². The summed E-state index contributed by atoms with van der Waals surface area (Å²) in [5.41, 5.74) is 0.794. The van der Waals surface area contributed by atoms with E-state index in [0.717, 1.165) is 10.3 Å². The zero-order chi connectivity index (χ0) is 10.8. The van der Waals surface area contributed by atoms with Gasteiger partial charge in [-0.25, -0.2) is 15.0 Å². The van der Waals surface area contributed by atoms with E-state index in [2.05, 4.69) is 40.2 Å². The first kappa shape index (κ1) is 10.7. The van der Waals surface area contributed by atoms with Crippen molar-refractivity contribution < 1.29 is 4.74 Å². The second-order valence-electron chi connectivity index (χ2n) is 2.59. The Hall–Kier alpha value is -0.790. The number of hydrogen-bond acceptors (Lipinski definition) is 5. The Labute approximate surface area is 101 Å². The van der Waals surface area contributed by atoms with Crippen LogP contribution in [0.1, 0.15) is 0 Å². The monoisotopic (exact) mass is 257 g/mol. The number of thiol groups is 2. The van der Waals surface area contributed by atoms with Crippen molar-refractivity contribution >= 4 is 56.4 Å². The Bertz CT molecular complexity index is 519. The van der Waals surface area contributed by atoms with Crippen LogP contribution < -0.4 is 4.74 Å². The van der Waals surface area contributed by atoms with Gasteiger partial charge in [0.05, 0.1) is 7.11 Å². The Morgan fingerprint density at radius 3 is 2.87 bits per heavy atom. The van der Waals surface area contributed by atoms with Gasteiger partial charge in [0.15, 0.2) is 0 Å². The predicted octanol–water partition coefficient (Wildman–Crippen LogP) is 2.55. The van der Waals surface area contributed by atoms with Crippen LogP contribution in [0.5, 0.6) is 5.88 Å². The molecule has 78 valence electrons. The van der Waals surface area contributed by atoms with E-state index >= 15 is 0 Å². The minimum absolute atomic E-state index is 0.376. The van der Waals surface area contributed by atoms with Gasteiger partial charge in [-0.3, -0.25) is 0 Å². The number of hydrogen-bond donors (Lipinski definition) is 2. The average molecular weight is 257 g/mol. The maximum absolute atomic E-state index is 5.01. The first-order chi connectivity index (χ1) is 7.19. The topological polar surface area (TPSA) is 47.4 Å². The number of fused-ring (bicyclic) bond motifs is 1. The molecule has 7 heteroatoms. The summed E-state index contributed by atoms with van der Waals surface area (Å²) in [5, 5.41) is 0.589. The molecule has 0 spiro atoms. The third-order valence-corrected chi connectivity index (χ3v) is 2.68. The highest BCUT2D eigenvalue weighted by atomic mass is 32.2. The molecule has 0 aliphatic carbocycles. The van der Waals surface area contributed by atoms with E-state index in [1.54, 1.807) is 13.2 Å². The predicted molar refractivity (Wildman–Crippen MR) is 69.0 cm³/mol. The molecule has 2 heterocycles. The van der Waals surface area contributed by atoms with Gasteiger partial charge in [0, 0.05) is 6.07 Å². The van der Waals surface area contributed by atoms with Crippen molar-refractivity contribution in [1.82, 2.24) is 9.97 Å². The van der Waals surface area contributed by atoms with Crippen LogP contribution in [0.15, 0.2) is 17.1 Å². The number of rotatable bonds is 2. The van der Waals surface area contributed by atoms with Crippen LogP contribution in [0, 0.1) is 0 Å². The molecule has 0 saturated carbocycles. The number of thiazole rings is 1. The number of methoxy groups -OCH3 is 1. The quantitative estimate of drug-likeness (QED) is 0.494. The van der Waals surface area contributed by atoms with Crippen molar-refractivity contribution in [3.8, 4) is 5.88 Å². The molecular formula is C8H7N3OS3. The first-order valence-electron chi connectivity index (χ1n) is 3.97. The molecule has 0 bridgehead atoms. The third kappa shape index (κ3) is 2.42. The molecule has 0 radical (unpaired) electrons. The van der Waals surface area contributed by atoms with E-state index in [4.69, 9.17) is 4.74 Å². The lowest BCUT2D eigenvalue weighted by Gasteiger charge is -1.94. The molecule has 0 fully saturated rings. The van der Waals surface area contributed by atoms with Gasteiger partial charge in [0.2, 0.25) is 11.0 Å². The Morgan fingerprint density at radius 1 is 1.40 bits per heavy atom. The minimum Gasteiger partial charge on any atom is -0.481 e. The summed E-state index contributed by atoms with van der Waals surface area (Å²) in [6, 6.07) is 3.60. The molecule has 0 aliphatic heterocycles. The van der Waals surface area contributed by atoms with Crippen LogP contribution in [0.4, 0.5) is 5.13 Å². The fraction of sp³-hybridized carbons (Fsp3) is 0.125. The summed E-state index contributed by atoms with van der Waals surface area (Å²) < 4.78 is 5.39. The minimum atomic E-state index is 0.376. The zero-order valence-corrected chi connectivity index (χ0v) is 10.3. The highest BCUT2D eigenvalue weighted by Crippen LogP contribution is 2.28. The molecular weight excluding hydrogens is 250 g/mol. The standard InChI is InChI=1S/C8H7N3OS3/c1-12-5-3-2-4-6(10-5)15-7(9-4)11-8(13)14/h2-3H,1H3,(H2,9,11,13,14). The van der Waals surface area contributed by atoms with Crippen molar-refractivity contribution in [2.45, 2.75) is 0 Å². The maximum Gasteiger partial charge on any atom is 0.214 e. The summed E-state index contributed by atoms with van der Waals surface area (Å²) in [5.74, 6) is 0.568. The Balaban J connectivity index is 2.51. The number of pyridine rings is 1. The van der Waals surface area contributed by atoms with Crippen molar-refractivity contribution in [2.75, 3.05) is 7.11 Å². The normalized spacial score (nSPS) is 10.3. The molecule has 0 aromatic carbocycles. The SMILES string of the molecule is COc1ccc2nc(N=C(S)S)sc2n1. The van der Waals surface area contributed by atoms with E-state index < -0.39 is 0 Å². The fourth-order valence-electron chi connectivity index (χ4n) is 1.04. The number of aromatic nitrogens is 2. The van der Waals surface area contributed by atoms with Gasteiger partial charge in [0.1, 0.15) is 14.7 Å². The van der Waals surface area contributed by atoms with Crippen LogP contribution in [-0.2, 0) is 0 Å². The maximum atomic E-state index is 5.01. The molecule has 4 nitrogen and oxygen atoms in total. The molecule has 0 amide bonds. The molecule has 0 N–H and O–H groups in total. The van der Waals surface area contributed by atoms with Crippen molar-refractivity contribution in [3.05, 3.63) is 12.1 Å². The van der Waals surface area contributed by atoms with E-state index in [0.29, 0.717) is 15.4 Å². The smallest absolute Gasteiger partial charge is 0.214 e. The van der Waals surface area contributed by atoms with Crippen molar-refractivity contribution in [2.24, 2.45) is 4.99 Å². The lowest BCUT2D eigenvalue weighted by molar-refractivity contribution is 0.400. The third-order valence-electron chi connectivity index (χ3n) is 1.62. The molecule has 2 aromatic rings. The highest BCUT2D eigenvalue weighted by molar-refractivity contribution is 8.23. The second-order valence-corrected chi connectivity index (χ2v) is 4.74. The van der Waals surface area contributed by atoms with Crippen LogP contribution in [0.2, 0.25) is 0 Å². The fourth-order valence-corrected chi connectivity index (χ4v) is 2.17. The number of aliphatic imine (C=N–C) groups is 1. The lowest BCUT2D eigenvalue weighted by atomic mass is 10.4. The van der Waals surface area contributed by atoms with Crippen LogP contribution in [0.25, 0.3) is 10.3 Å². The zero-order valence-electron chi connectivity index (χ0n) is 7.71.